The monoisotopic (exact) mass is 290 g/mol. The molecule has 0 heterocycles. The first kappa shape index (κ1) is 15.8. The van der Waals surface area contributed by atoms with Crippen LogP contribution in [0.1, 0.15) is 33.3 Å². The zero-order valence-electron chi connectivity index (χ0n) is 13.4. The van der Waals surface area contributed by atoms with Crippen LogP contribution in [0.2, 0.25) is 0 Å². The average molecular weight is 290 g/mol. The van der Waals surface area contributed by atoms with Gasteiger partial charge < -0.3 is 15.8 Å². The highest BCUT2D eigenvalue weighted by Gasteiger charge is 2.64. The van der Waals surface area contributed by atoms with E-state index in [4.69, 9.17) is 10.5 Å². The van der Waals surface area contributed by atoms with Crippen LogP contribution in [0.4, 0.5) is 0 Å². The lowest BCUT2D eigenvalue weighted by Crippen LogP contribution is -2.31. The van der Waals surface area contributed by atoms with E-state index < -0.39 is 0 Å². The molecule has 1 saturated carbocycles. The Morgan fingerprint density at radius 1 is 1.24 bits per heavy atom. The fourth-order valence-electron chi connectivity index (χ4n) is 3.07. The number of nitrogens with two attached hydrogens (primary N) is 1. The predicted molar refractivity (Wildman–Crippen MR) is 83.9 cm³/mol. The fourth-order valence-corrected chi connectivity index (χ4v) is 3.07. The molecule has 2 rings (SSSR count). The molecule has 0 unspecified atom stereocenters. The van der Waals surface area contributed by atoms with Crippen LogP contribution in [0.5, 0.6) is 5.75 Å². The molecular weight excluding hydrogens is 264 g/mol. The van der Waals surface area contributed by atoms with Gasteiger partial charge in [0.2, 0.25) is 0 Å². The maximum absolute atomic E-state index is 11.9. The van der Waals surface area contributed by atoms with Gasteiger partial charge in [0.1, 0.15) is 5.75 Å². The summed E-state index contributed by atoms with van der Waals surface area (Å²) in [6.45, 7) is 10.1. The van der Waals surface area contributed by atoms with E-state index in [1.54, 1.807) is 0 Å². The standard InChI is InChI=1S/C17H26N2O2/c1-16(2)14(17(16,3)4)10-19-15(20)11-21-13-8-6-5-7-12(13)9-18/h5-8,14H,9-11,18H2,1-4H3,(H,19,20). The summed E-state index contributed by atoms with van der Waals surface area (Å²) >= 11 is 0. The molecule has 0 aliphatic heterocycles. The molecule has 116 valence electrons. The van der Waals surface area contributed by atoms with E-state index in [2.05, 4.69) is 33.0 Å². The number of carbonyl (C=O) groups excluding carboxylic acids is 1. The van der Waals surface area contributed by atoms with Gasteiger partial charge in [-0.15, -0.1) is 0 Å². The van der Waals surface area contributed by atoms with E-state index in [0.29, 0.717) is 24.8 Å². The topological polar surface area (TPSA) is 64.3 Å². The lowest BCUT2D eigenvalue weighted by Gasteiger charge is -2.11. The molecule has 1 aromatic carbocycles. The molecule has 21 heavy (non-hydrogen) atoms. The van der Waals surface area contributed by atoms with E-state index in [1.165, 1.54) is 0 Å². The summed E-state index contributed by atoms with van der Waals surface area (Å²) in [6.07, 6.45) is 0. The number of carbonyl (C=O) groups is 1. The van der Waals surface area contributed by atoms with Crippen LogP contribution < -0.4 is 15.8 Å². The largest absolute Gasteiger partial charge is 0.483 e. The number of nitrogens with one attached hydrogen (secondary N) is 1. The van der Waals surface area contributed by atoms with E-state index >= 15 is 0 Å². The molecule has 4 heteroatoms. The zero-order valence-corrected chi connectivity index (χ0v) is 13.4. The third kappa shape index (κ3) is 3.05. The smallest absolute Gasteiger partial charge is 0.257 e. The number of hydrogen-bond donors (Lipinski definition) is 2. The van der Waals surface area contributed by atoms with Crippen molar-refractivity contribution in [2.24, 2.45) is 22.5 Å². The van der Waals surface area contributed by atoms with Crippen LogP contribution in [0.3, 0.4) is 0 Å². The van der Waals surface area contributed by atoms with Gasteiger partial charge in [-0.05, 0) is 22.8 Å². The Bertz CT molecular complexity index is 509. The minimum atomic E-state index is -0.0830. The van der Waals surface area contributed by atoms with Crippen LogP contribution in [-0.2, 0) is 11.3 Å². The van der Waals surface area contributed by atoms with Gasteiger partial charge in [0.25, 0.3) is 5.91 Å². The van der Waals surface area contributed by atoms with Crippen molar-refractivity contribution in [2.45, 2.75) is 34.2 Å². The Labute approximate surface area is 127 Å². The Morgan fingerprint density at radius 3 is 2.43 bits per heavy atom. The third-order valence-corrected chi connectivity index (χ3v) is 5.37. The molecule has 0 aromatic heterocycles. The number of hydrogen-bond acceptors (Lipinski definition) is 3. The van der Waals surface area contributed by atoms with Crippen molar-refractivity contribution in [3.8, 4) is 5.75 Å². The normalized spacial score (nSPS) is 19.1. The molecule has 1 aromatic rings. The Kier molecular flexibility index (Phi) is 4.28. The van der Waals surface area contributed by atoms with Crippen LogP contribution >= 0.6 is 0 Å². The summed E-state index contributed by atoms with van der Waals surface area (Å²) in [5.41, 5.74) is 7.12. The van der Waals surface area contributed by atoms with Gasteiger partial charge >= 0.3 is 0 Å². The van der Waals surface area contributed by atoms with E-state index in [9.17, 15) is 4.79 Å². The van der Waals surface area contributed by atoms with Crippen LogP contribution in [0, 0.1) is 16.7 Å². The maximum Gasteiger partial charge on any atom is 0.257 e. The third-order valence-electron chi connectivity index (χ3n) is 5.37. The molecule has 1 fully saturated rings. The number of amides is 1. The van der Waals surface area contributed by atoms with Crippen LogP contribution in [-0.4, -0.2) is 19.1 Å². The second kappa shape index (κ2) is 5.68. The van der Waals surface area contributed by atoms with Gasteiger partial charge in [-0.2, -0.15) is 0 Å². The minimum absolute atomic E-state index is 0.0323. The van der Waals surface area contributed by atoms with Crippen molar-refractivity contribution in [1.29, 1.82) is 0 Å². The summed E-state index contributed by atoms with van der Waals surface area (Å²) in [5.74, 6) is 1.12. The Balaban J connectivity index is 1.79. The number of rotatable bonds is 6. The van der Waals surface area contributed by atoms with Crippen molar-refractivity contribution in [1.82, 2.24) is 5.32 Å². The van der Waals surface area contributed by atoms with Gasteiger partial charge in [0.05, 0.1) is 0 Å². The fraction of sp³-hybridized carbons (Fsp3) is 0.588. The quantitative estimate of drug-likeness (QED) is 0.845. The molecular formula is C17H26N2O2. The molecule has 1 amide bonds. The first-order valence-corrected chi connectivity index (χ1v) is 7.48. The van der Waals surface area contributed by atoms with E-state index in [1.807, 2.05) is 24.3 Å². The second-order valence-electron chi connectivity index (χ2n) is 6.90. The van der Waals surface area contributed by atoms with Crippen molar-refractivity contribution in [2.75, 3.05) is 13.2 Å². The molecule has 3 N–H and O–H groups in total. The lowest BCUT2D eigenvalue weighted by atomic mass is 10.0. The molecule has 0 radical (unpaired) electrons. The number of benzene rings is 1. The predicted octanol–water partition coefficient (Wildman–Crippen LogP) is 2.32. The van der Waals surface area contributed by atoms with Crippen LogP contribution in [0.25, 0.3) is 0 Å². The summed E-state index contributed by atoms with van der Waals surface area (Å²) in [5, 5.41) is 2.97. The van der Waals surface area contributed by atoms with E-state index in [0.717, 1.165) is 5.56 Å². The summed E-state index contributed by atoms with van der Waals surface area (Å²) in [6, 6.07) is 7.53. The molecule has 0 spiro atoms. The molecule has 1 aliphatic carbocycles. The van der Waals surface area contributed by atoms with Crippen molar-refractivity contribution < 1.29 is 9.53 Å². The number of para-hydroxylation sites is 1. The highest BCUT2D eigenvalue weighted by Crippen LogP contribution is 2.67. The number of ether oxygens (including phenoxy) is 1. The maximum atomic E-state index is 11.9. The average Bonchev–Trinajstić information content (AvgIpc) is 2.84. The SMILES string of the molecule is CC1(C)C(CNC(=O)COc2ccccc2CN)C1(C)C. The highest BCUT2D eigenvalue weighted by molar-refractivity contribution is 5.77. The lowest BCUT2D eigenvalue weighted by molar-refractivity contribution is -0.123. The van der Waals surface area contributed by atoms with Gasteiger partial charge in [-0.25, -0.2) is 0 Å². The first-order valence-electron chi connectivity index (χ1n) is 7.48. The van der Waals surface area contributed by atoms with Crippen molar-refractivity contribution in [3.05, 3.63) is 29.8 Å². The van der Waals surface area contributed by atoms with Gasteiger partial charge in [0.15, 0.2) is 6.61 Å². The minimum Gasteiger partial charge on any atom is -0.483 e. The van der Waals surface area contributed by atoms with E-state index in [-0.39, 0.29) is 23.3 Å². The second-order valence-corrected chi connectivity index (χ2v) is 6.90. The summed E-state index contributed by atoms with van der Waals surface area (Å²) < 4.78 is 5.55. The van der Waals surface area contributed by atoms with Gasteiger partial charge in [0, 0.05) is 18.7 Å². The summed E-state index contributed by atoms with van der Waals surface area (Å²) in [4.78, 5) is 11.9. The first-order chi connectivity index (χ1) is 9.80. The summed E-state index contributed by atoms with van der Waals surface area (Å²) in [7, 11) is 0. The van der Waals surface area contributed by atoms with Gasteiger partial charge in [-0.1, -0.05) is 45.9 Å². The van der Waals surface area contributed by atoms with Crippen LogP contribution in [0.15, 0.2) is 24.3 Å². The molecule has 0 saturated heterocycles. The molecule has 1 aliphatic rings. The highest BCUT2D eigenvalue weighted by atomic mass is 16.5. The molecule has 0 atom stereocenters. The Morgan fingerprint density at radius 2 is 1.86 bits per heavy atom. The van der Waals surface area contributed by atoms with Crippen molar-refractivity contribution >= 4 is 5.91 Å². The molecule has 4 nitrogen and oxygen atoms in total. The molecule has 0 bridgehead atoms. The van der Waals surface area contributed by atoms with Crippen molar-refractivity contribution in [3.63, 3.8) is 0 Å². The van der Waals surface area contributed by atoms with Gasteiger partial charge in [-0.3, -0.25) is 4.79 Å². The Hall–Kier alpha value is -1.55. The zero-order chi connectivity index (χ0) is 15.7.